The van der Waals surface area contributed by atoms with Crippen molar-refractivity contribution in [3.05, 3.63) is 81.9 Å². The molecule has 0 aromatic heterocycles. The molecule has 2 rings (SSSR count). The summed E-state index contributed by atoms with van der Waals surface area (Å²) in [6.07, 6.45) is 1.09. The van der Waals surface area contributed by atoms with Crippen molar-refractivity contribution in [2.75, 3.05) is 0 Å². The molecule has 106 valence electrons. The fraction of sp³-hybridized carbons (Fsp3) is 0.158. The minimum atomic E-state index is -0.700. The second-order valence-electron chi connectivity index (χ2n) is 5.04. The summed E-state index contributed by atoms with van der Waals surface area (Å²) in [4.78, 5) is 0. The first-order valence-electron chi connectivity index (χ1n) is 6.76. The van der Waals surface area contributed by atoms with Crippen LogP contribution >= 0.6 is 11.6 Å². The highest BCUT2D eigenvalue weighted by Gasteiger charge is 2.09. The monoisotopic (exact) mass is 296 g/mol. The largest absolute Gasteiger partial charge is 0.384 e. The zero-order valence-electron chi connectivity index (χ0n) is 12.1. The molecule has 2 aromatic rings. The minimum absolute atomic E-state index is 0.594. The van der Waals surface area contributed by atoms with E-state index in [0.717, 1.165) is 22.3 Å². The van der Waals surface area contributed by atoms with Crippen LogP contribution in [0.25, 0.3) is 0 Å². The summed E-state index contributed by atoms with van der Waals surface area (Å²) in [5, 5.41) is 10.9. The van der Waals surface area contributed by atoms with Crippen LogP contribution < -0.4 is 0 Å². The Morgan fingerprint density at radius 3 is 2.48 bits per heavy atom. The van der Waals surface area contributed by atoms with E-state index in [1.807, 2.05) is 50.2 Å². The van der Waals surface area contributed by atoms with Crippen LogP contribution in [0.4, 0.5) is 0 Å². The first-order chi connectivity index (χ1) is 10.1. The van der Waals surface area contributed by atoms with Gasteiger partial charge in [-0.25, -0.2) is 0 Å². The Labute approximate surface area is 130 Å². The Bertz CT molecular complexity index is 701. The Kier molecular flexibility index (Phi) is 5.22. The normalized spacial score (nSPS) is 11.2. The van der Waals surface area contributed by atoms with Crippen molar-refractivity contribution in [1.29, 1.82) is 0 Å². The Hall–Kier alpha value is -2.01. The van der Waals surface area contributed by atoms with Crippen LogP contribution in [0, 0.1) is 11.8 Å². The summed E-state index contributed by atoms with van der Waals surface area (Å²) < 4.78 is 0. The molecule has 2 aromatic carbocycles. The van der Waals surface area contributed by atoms with Gasteiger partial charge in [0.05, 0.1) is 6.10 Å². The smallest absolute Gasteiger partial charge is 0.0986 e. The van der Waals surface area contributed by atoms with Crippen LogP contribution in [0.5, 0.6) is 0 Å². The van der Waals surface area contributed by atoms with Gasteiger partial charge in [0, 0.05) is 21.7 Å². The average Bonchev–Trinajstić information content (AvgIpc) is 2.46. The maximum atomic E-state index is 10.3. The number of aliphatic hydroxyl groups is 1. The van der Waals surface area contributed by atoms with E-state index in [4.69, 9.17) is 11.6 Å². The van der Waals surface area contributed by atoms with Gasteiger partial charge in [0.25, 0.3) is 0 Å². The van der Waals surface area contributed by atoms with Crippen molar-refractivity contribution < 1.29 is 5.11 Å². The van der Waals surface area contributed by atoms with Gasteiger partial charge in [-0.1, -0.05) is 53.3 Å². The van der Waals surface area contributed by atoms with Gasteiger partial charge in [-0.3, -0.25) is 0 Å². The lowest BCUT2D eigenvalue weighted by Crippen LogP contribution is -1.98. The van der Waals surface area contributed by atoms with E-state index < -0.39 is 6.10 Å². The molecule has 1 N–H and O–H groups in total. The third-order valence-electron chi connectivity index (χ3n) is 2.94. The molecule has 0 fully saturated rings. The number of hydrogen-bond donors (Lipinski definition) is 1. The zero-order valence-corrected chi connectivity index (χ0v) is 12.9. The molecule has 1 nitrogen and oxygen atoms in total. The van der Waals surface area contributed by atoms with Crippen molar-refractivity contribution in [2.45, 2.75) is 20.0 Å². The lowest BCUT2D eigenvalue weighted by Gasteiger charge is -2.10. The molecule has 0 aliphatic heterocycles. The number of hydrogen-bond acceptors (Lipinski definition) is 1. The topological polar surface area (TPSA) is 20.2 Å². The molecule has 0 spiro atoms. The molecular formula is C19H17ClO. The minimum Gasteiger partial charge on any atom is -0.384 e. The summed E-state index contributed by atoms with van der Waals surface area (Å²) in [6.45, 7) is 3.90. The maximum Gasteiger partial charge on any atom is 0.0986 e. The SMILES string of the molecule is CC(C)=CC(O)c1cc(Cl)ccc1C#Cc1ccccc1. The fourth-order valence-corrected chi connectivity index (χ4v) is 2.14. The van der Waals surface area contributed by atoms with E-state index in [1.165, 1.54) is 0 Å². The molecule has 1 unspecified atom stereocenters. The van der Waals surface area contributed by atoms with Gasteiger partial charge in [0.15, 0.2) is 0 Å². The van der Waals surface area contributed by atoms with E-state index in [9.17, 15) is 5.11 Å². The zero-order chi connectivity index (χ0) is 15.2. The molecule has 0 aliphatic rings. The first-order valence-corrected chi connectivity index (χ1v) is 7.13. The maximum absolute atomic E-state index is 10.3. The van der Waals surface area contributed by atoms with Crippen LogP contribution in [-0.4, -0.2) is 5.11 Å². The summed E-state index contributed by atoms with van der Waals surface area (Å²) in [7, 11) is 0. The fourth-order valence-electron chi connectivity index (χ4n) is 1.96. The molecule has 0 amide bonds. The number of benzene rings is 2. The van der Waals surface area contributed by atoms with Gasteiger partial charge >= 0.3 is 0 Å². The summed E-state index contributed by atoms with van der Waals surface area (Å²) in [5.74, 6) is 6.22. The predicted molar refractivity (Wildman–Crippen MR) is 88.3 cm³/mol. The van der Waals surface area contributed by atoms with Crippen molar-refractivity contribution >= 4 is 11.6 Å². The second-order valence-corrected chi connectivity index (χ2v) is 5.47. The van der Waals surface area contributed by atoms with Crippen LogP contribution in [-0.2, 0) is 0 Å². The Balaban J connectivity index is 2.41. The van der Waals surface area contributed by atoms with Crippen LogP contribution in [0.2, 0.25) is 5.02 Å². The molecular weight excluding hydrogens is 280 g/mol. The number of rotatable bonds is 2. The lowest BCUT2D eigenvalue weighted by atomic mass is 10.0. The Morgan fingerprint density at radius 1 is 1.10 bits per heavy atom. The van der Waals surface area contributed by atoms with E-state index in [-0.39, 0.29) is 0 Å². The van der Waals surface area contributed by atoms with E-state index in [2.05, 4.69) is 11.8 Å². The summed E-state index contributed by atoms with van der Waals surface area (Å²) >= 11 is 6.03. The number of aliphatic hydroxyl groups excluding tert-OH is 1. The van der Waals surface area contributed by atoms with Crippen molar-refractivity contribution in [3.63, 3.8) is 0 Å². The van der Waals surface area contributed by atoms with Gasteiger partial charge < -0.3 is 5.11 Å². The van der Waals surface area contributed by atoms with Gasteiger partial charge in [0.1, 0.15) is 0 Å². The number of allylic oxidation sites excluding steroid dienone is 1. The highest BCUT2D eigenvalue weighted by molar-refractivity contribution is 6.30. The van der Waals surface area contributed by atoms with E-state index >= 15 is 0 Å². The average molecular weight is 297 g/mol. The predicted octanol–water partition coefficient (Wildman–Crippen LogP) is 4.74. The number of halogens is 1. The molecule has 21 heavy (non-hydrogen) atoms. The highest BCUT2D eigenvalue weighted by atomic mass is 35.5. The highest BCUT2D eigenvalue weighted by Crippen LogP contribution is 2.24. The third kappa shape index (κ3) is 4.49. The van der Waals surface area contributed by atoms with Gasteiger partial charge in [-0.15, -0.1) is 0 Å². The second kappa shape index (κ2) is 7.13. The van der Waals surface area contributed by atoms with E-state index in [0.29, 0.717) is 5.02 Å². The Morgan fingerprint density at radius 2 is 1.81 bits per heavy atom. The van der Waals surface area contributed by atoms with Crippen LogP contribution in [0.1, 0.15) is 36.6 Å². The van der Waals surface area contributed by atoms with E-state index in [1.54, 1.807) is 18.2 Å². The molecule has 0 radical (unpaired) electrons. The van der Waals surface area contributed by atoms with Gasteiger partial charge in [0.2, 0.25) is 0 Å². The standard InChI is InChI=1S/C19H17ClO/c1-14(2)12-19(21)18-13-17(20)11-10-16(18)9-8-15-6-4-3-5-7-15/h3-7,10-13,19,21H,1-2H3. The van der Waals surface area contributed by atoms with Crippen LogP contribution in [0.15, 0.2) is 60.2 Å². The molecule has 0 saturated heterocycles. The molecule has 2 heteroatoms. The van der Waals surface area contributed by atoms with Gasteiger partial charge in [-0.2, -0.15) is 0 Å². The molecule has 0 saturated carbocycles. The summed E-state index contributed by atoms with van der Waals surface area (Å²) in [5.41, 5.74) is 3.50. The van der Waals surface area contributed by atoms with Crippen molar-refractivity contribution in [3.8, 4) is 11.8 Å². The molecule has 1 atom stereocenters. The van der Waals surface area contributed by atoms with Gasteiger partial charge in [-0.05, 0) is 44.2 Å². The third-order valence-corrected chi connectivity index (χ3v) is 3.17. The van der Waals surface area contributed by atoms with Crippen molar-refractivity contribution in [2.24, 2.45) is 0 Å². The first kappa shape index (κ1) is 15.4. The summed E-state index contributed by atoms with van der Waals surface area (Å²) in [6, 6.07) is 15.2. The van der Waals surface area contributed by atoms with Crippen molar-refractivity contribution in [1.82, 2.24) is 0 Å². The van der Waals surface area contributed by atoms with Crippen LogP contribution in [0.3, 0.4) is 0 Å². The molecule has 0 aliphatic carbocycles. The lowest BCUT2D eigenvalue weighted by molar-refractivity contribution is 0.227. The molecule has 0 bridgehead atoms. The molecule has 0 heterocycles. The quantitative estimate of drug-likeness (QED) is 0.627.